The average molecular weight is 258 g/mol. The number of hydrogen-bond donors (Lipinski definition) is 0. The number of hydrogen-bond acceptors (Lipinski definition) is 1. The van der Waals surface area contributed by atoms with E-state index in [0.717, 1.165) is 23.6 Å². The van der Waals surface area contributed by atoms with Crippen LogP contribution in [-0.4, -0.2) is 24.0 Å². The summed E-state index contributed by atoms with van der Waals surface area (Å²) in [5.41, 5.74) is 0. The molecule has 0 unspecified atom stereocenters. The van der Waals surface area contributed by atoms with Crippen LogP contribution in [0.4, 0.5) is 0 Å². The Balaban J connectivity index is 2.46. The Morgan fingerprint density at radius 3 is 2.50 bits per heavy atom. The van der Waals surface area contributed by atoms with E-state index in [1.165, 1.54) is 32.1 Å². The van der Waals surface area contributed by atoms with Crippen LogP contribution in [0.25, 0.3) is 0 Å². The van der Waals surface area contributed by atoms with Gasteiger partial charge in [-0.2, -0.15) is 0 Å². The molecule has 0 amide bonds. The van der Waals surface area contributed by atoms with Crippen LogP contribution < -0.4 is 0 Å². The predicted molar refractivity (Wildman–Crippen MR) is 66.7 cm³/mol. The Kier molecular flexibility index (Phi) is 5.49. The molecule has 0 aromatic carbocycles. The summed E-state index contributed by atoms with van der Waals surface area (Å²) < 4.78 is 1.07. The third-order valence-corrected chi connectivity index (χ3v) is 3.08. The third kappa shape index (κ3) is 3.97. The van der Waals surface area contributed by atoms with Gasteiger partial charge in [0.15, 0.2) is 0 Å². The van der Waals surface area contributed by atoms with Gasteiger partial charge in [0, 0.05) is 23.6 Å². The molecule has 0 bridgehead atoms. The molecule has 0 radical (unpaired) electrons. The van der Waals surface area contributed by atoms with Gasteiger partial charge in [0.05, 0.1) is 0 Å². The molecule has 1 saturated carbocycles. The van der Waals surface area contributed by atoms with Crippen molar-refractivity contribution < 1.29 is 0 Å². The van der Waals surface area contributed by atoms with Crippen LogP contribution >= 0.6 is 15.9 Å². The lowest BCUT2D eigenvalue weighted by molar-refractivity contribution is 0.188. The Morgan fingerprint density at radius 2 is 2.00 bits per heavy atom. The first-order valence-electron chi connectivity index (χ1n) is 5.42. The van der Waals surface area contributed by atoms with Crippen molar-refractivity contribution in [3.63, 3.8) is 0 Å². The smallest absolute Gasteiger partial charge is 0.0300 e. The van der Waals surface area contributed by atoms with E-state index >= 15 is 0 Å². The van der Waals surface area contributed by atoms with Gasteiger partial charge in [0.2, 0.25) is 0 Å². The first-order chi connectivity index (χ1) is 6.74. The predicted octanol–water partition coefficient (Wildman–Crippen LogP) is 3.72. The minimum absolute atomic E-state index is 0.746. The van der Waals surface area contributed by atoms with Crippen LogP contribution in [0.5, 0.6) is 0 Å². The van der Waals surface area contributed by atoms with Gasteiger partial charge in [-0.1, -0.05) is 47.8 Å². The second kappa shape index (κ2) is 6.41. The monoisotopic (exact) mass is 257 g/mol. The topological polar surface area (TPSA) is 3.24 Å². The lowest BCUT2D eigenvalue weighted by Crippen LogP contribution is -2.37. The highest BCUT2D eigenvalue weighted by Crippen LogP contribution is 2.23. The highest BCUT2D eigenvalue weighted by atomic mass is 79.9. The minimum Gasteiger partial charge on any atom is -0.292 e. The molecule has 0 aromatic rings. The summed E-state index contributed by atoms with van der Waals surface area (Å²) in [6.07, 6.45) is 8.85. The van der Waals surface area contributed by atoms with Crippen LogP contribution in [0.3, 0.4) is 0 Å². The summed E-state index contributed by atoms with van der Waals surface area (Å²) in [5.74, 6) is 0. The highest BCUT2D eigenvalue weighted by Gasteiger charge is 2.19. The zero-order valence-electron chi connectivity index (χ0n) is 8.84. The van der Waals surface area contributed by atoms with E-state index < -0.39 is 0 Å². The maximum Gasteiger partial charge on any atom is 0.0300 e. The fourth-order valence-corrected chi connectivity index (χ4v) is 2.50. The van der Waals surface area contributed by atoms with E-state index in [0.29, 0.717) is 0 Å². The van der Waals surface area contributed by atoms with E-state index in [1.54, 1.807) is 0 Å². The van der Waals surface area contributed by atoms with E-state index in [-0.39, 0.29) is 0 Å². The van der Waals surface area contributed by atoms with Gasteiger partial charge in [-0.05, 0) is 12.8 Å². The molecule has 0 heterocycles. The molecule has 0 spiro atoms. The van der Waals surface area contributed by atoms with E-state index in [2.05, 4.69) is 34.0 Å². The molecule has 2 heteroatoms. The van der Waals surface area contributed by atoms with Gasteiger partial charge in [0.1, 0.15) is 0 Å². The van der Waals surface area contributed by atoms with Crippen LogP contribution in [0, 0.1) is 0 Å². The zero-order chi connectivity index (χ0) is 10.4. The third-order valence-electron chi connectivity index (χ3n) is 2.83. The van der Waals surface area contributed by atoms with Crippen molar-refractivity contribution in [1.29, 1.82) is 0 Å². The first-order valence-corrected chi connectivity index (χ1v) is 6.21. The van der Waals surface area contributed by atoms with Crippen molar-refractivity contribution in [2.75, 3.05) is 13.1 Å². The molecule has 14 heavy (non-hydrogen) atoms. The SMILES string of the molecule is C=CCN(CC(=C)Br)C1CCCCC1. The van der Waals surface area contributed by atoms with Crippen LogP contribution in [-0.2, 0) is 0 Å². The molecule has 1 fully saturated rings. The summed E-state index contributed by atoms with van der Waals surface area (Å²) in [6.45, 7) is 9.67. The fraction of sp³-hybridized carbons (Fsp3) is 0.667. The summed E-state index contributed by atoms with van der Waals surface area (Å²) in [6, 6.07) is 0.746. The second-order valence-electron chi connectivity index (χ2n) is 4.03. The molecule has 0 N–H and O–H groups in total. The van der Waals surface area contributed by atoms with Crippen molar-refractivity contribution in [2.45, 2.75) is 38.1 Å². The summed E-state index contributed by atoms with van der Waals surface area (Å²) in [5, 5.41) is 0. The van der Waals surface area contributed by atoms with E-state index in [9.17, 15) is 0 Å². The highest BCUT2D eigenvalue weighted by molar-refractivity contribution is 9.11. The van der Waals surface area contributed by atoms with Gasteiger partial charge in [0.25, 0.3) is 0 Å². The summed E-state index contributed by atoms with van der Waals surface area (Å²) >= 11 is 3.44. The standard InChI is InChI=1S/C12H20BrN/c1-3-9-14(10-11(2)13)12-7-5-4-6-8-12/h3,12H,1-2,4-10H2. The maximum atomic E-state index is 3.91. The van der Waals surface area contributed by atoms with Crippen LogP contribution in [0.15, 0.2) is 23.7 Å². The Hall–Kier alpha value is -0.0800. The minimum atomic E-state index is 0.746. The second-order valence-corrected chi connectivity index (χ2v) is 5.15. The molecular formula is C12H20BrN. The summed E-state index contributed by atoms with van der Waals surface area (Å²) in [4.78, 5) is 2.48. The van der Waals surface area contributed by atoms with Gasteiger partial charge in [-0.3, -0.25) is 4.90 Å². The molecule has 80 valence electrons. The molecule has 0 aromatic heterocycles. The number of halogens is 1. The quantitative estimate of drug-likeness (QED) is 0.679. The molecular weight excluding hydrogens is 238 g/mol. The summed E-state index contributed by atoms with van der Waals surface area (Å²) in [7, 11) is 0. The first kappa shape index (κ1) is 12.0. The number of nitrogens with zero attached hydrogens (tertiary/aromatic N) is 1. The van der Waals surface area contributed by atoms with Crippen molar-refractivity contribution in [3.8, 4) is 0 Å². The molecule has 1 nitrogen and oxygen atoms in total. The van der Waals surface area contributed by atoms with E-state index in [1.807, 2.05) is 6.08 Å². The molecule has 0 atom stereocenters. The lowest BCUT2D eigenvalue weighted by atomic mass is 9.94. The molecule has 1 aliphatic rings. The van der Waals surface area contributed by atoms with Gasteiger partial charge in [-0.25, -0.2) is 0 Å². The van der Waals surface area contributed by atoms with Crippen LogP contribution in [0.2, 0.25) is 0 Å². The van der Waals surface area contributed by atoms with E-state index in [4.69, 9.17) is 0 Å². The Bertz CT molecular complexity index is 194. The van der Waals surface area contributed by atoms with Crippen molar-refractivity contribution >= 4 is 15.9 Å². The Labute approximate surface area is 96.0 Å². The van der Waals surface area contributed by atoms with Crippen molar-refractivity contribution in [2.24, 2.45) is 0 Å². The Morgan fingerprint density at radius 1 is 1.36 bits per heavy atom. The largest absolute Gasteiger partial charge is 0.292 e. The molecule has 0 saturated heterocycles. The van der Waals surface area contributed by atoms with Crippen molar-refractivity contribution in [1.82, 2.24) is 4.90 Å². The molecule has 0 aliphatic heterocycles. The fourth-order valence-electron chi connectivity index (χ4n) is 2.18. The molecule has 1 rings (SSSR count). The molecule has 1 aliphatic carbocycles. The lowest BCUT2D eigenvalue weighted by Gasteiger charge is -2.33. The number of rotatable bonds is 5. The van der Waals surface area contributed by atoms with Gasteiger partial charge >= 0.3 is 0 Å². The maximum absolute atomic E-state index is 3.91. The van der Waals surface area contributed by atoms with Gasteiger partial charge in [-0.15, -0.1) is 6.58 Å². The van der Waals surface area contributed by atoms with Gasteiger partial charge < -0.3 is 0 Å². The zero-order valence-corrected chi connectivity index (χ0v) is 10.4. The van der Waals surface area contributed by atoms with Crippen LogP contribution in [0.1, 0.15) is 32.1 Å². The average Bonchev–Trinajstić information content (AvgIpc) is 2.18. The normalized spacial score (nSPS) is 18.4. The van der Waals surface area contributed by atoms with Crippen molar-refractivity contribution in [3.05, 3.63) is 23.7 Å².